The zero-order valence-electron chi connectivity index (χ0n) is 14.5. The van der Waals surface area contributed by atoms with Crippen LogP contribution in [0.3, 0.4) is 0 Å². The first kappa shape index (κ1) is 18.6. The van der Waals surface area contributed by atoms with E-state index in [1.807, 2.05) is 5.38 Å². The maximum atomic E-state index is 12.9. The van der Waals surface area contributed by atoms with Crippen LogP contribution in [0.5, 0.6) is 0 Å². The molecule has 1 aromatic heterocycles. The first-order valence-corrected chi connectivity index (χ1v) is 10.1. The van der Waals surface area contributed by atoms with Crippen LogP contribution in [0.4, 0.5) is 9.52 Å². The molecule has 3 nitrogen and oxygen atoms in total. The molecule has 3 rings (SSSR count). The molecule has 0 aliphatic carbocycles. The highest BCUT2D eigenvalue weighted by Crippen LogP contribution is 2.27. The number of carbonyl (C=O) groups is 1. The van der Waals surface area contributed by atoms with Gasteiger partial charge >= 0.3 is 0 Å². The van der Waals surface area contributed by atoms with Crippen LogP contribution >= 0.6 is 23.1 Å². The summed E-state index contributed by atoms with van der Waals surface area (Å²) in [5.74, 6) is 0.336. The average Bonchev–Trinajstić information content (AvgIpc) is 3.10. The van der Waals surface area contributed by atoms with Crippen LogP contribution in [-0.2, 0) is 4.79 Å². The van der Waals surface area contributed by atoms with E-state index < -0.39 is 0 Å². The van der Waals surface area contributed by atoms with Crippen LogP contribution in [0.25, 0.3) is 11.3 Å². The fourth-order valence-corrected chi connectivity index (χ4v) is 3.77. The Balaban J connectivity index is 1.57. The third kappa shape index (κ3) is 4.93. The SMILES string of the molecule is CC(C)c1ccc(-c2csc(NC(=O)CSc3ccc(F)cc3)n2)cc1. The maximum absolute atomic E-state index is 12.9. The predicted molar refractivity (Wildman–Crippen MR) is 107 cm³/mol. The number of anilines is 1. The summed E-state index contributed by atoms with van der Waals surface area (Å²) in [7, 11) is 0. The number of carbonyl (C=O) groups excluding carboxylic acids is 1. The topological polar surface area (TPSA) is 42.0 Å². The summed E-state index contributed by atoms with van der Waals surface area (Å²) < 4.78 is 12.9. The van der Waals surface area contributed by atoms with Gasteiger partial charge in [-0.05, 0) is 35.7 Å². The molecule has 1 N–H and O–H groups in total. The van der Waals surface area contributed by atoms with E-state index in [2.05, 4.69) is 48.4 Å². The van der Waals surface area contributed by atoms with Gasteiger partial charge in [0, 0.05) is 15.8 Å². The highest BCUT2D eigenvalue weighted by atomic mass is 32.2. The zero-order chi connectivity index (χ0) is 18.5. The number of thiazole rings is 1. The van der Waals surface area contributed by atoms with Gasteiger partial charge in [0.2, 0.25) is 5.91 Å². The van der Waals surface area contributed by atoms with Crippen molar-refractivity contribution in [2.75, 3.05) is 11.1 Å². The standard InChI is InChI=1S/C20H19FN2OS2/c1-13(2)14-3-5-15(6-4-14)18-11-26-20(22-18)23-19(24)12-25-17-9-7-16(21)8-10-17/h3-11,13H,12H2,1-2H3,(H,22,23,24). The van der Waals surface area contributed by atoms with Gasteiger partial charge in [-0.15, -0.1) is 23.1 Å². The summed E-state index contributed by atoms with van der Waals surface area (Å²) in [6.45, 7) is 4.32. The van der Waals surface area contributed by atoms with Crippen LogP contribution < -0.4 is 5.32 Å². The first-order valence-electron chi connectivity index (χ1n) is 8.25. The van der Waals surface area contributed by atoms with Gasteiger partial charge in [0.1, 0.15) is 5.82 Å². The molecule has 0 bridgehead atoms. The number of benzene rings is 2. The number of nitrogens with one attached hydrogen (secondary N) is 1. The van der Waals surface area contributed by atoms with Gasteiger partial charge in [-0.1, -0.05) is 38.1 Å². The highest BCUT2D eigenvalue weighted by molar-refractivity contribution is 8.00. The van der Waals surface area contributed by atoms with Gasteiger partial charge in [-0.2, -0.15) is 0 Å². The molecule has 0 aliphatic heterocycles. The lowest BCUT2D eigenvalue weighted by Crippen LogP contribution is -2.13. The number of nitrogens with zero attached hydrogens (tertiary/aromatic N) is 1. The Morgan fingerprint density at radius 3 is 2.50 bits per heavy atom. The molecule has 0 aliphatic rings. The lowest BCUT2D eigenvalue weighted by molar-refractivity contribution is -0.113. The van der Waals surface area contributed by atoms with Crippen molar-refractivity contribution in [1.82, 2.24) is 4.98 Å². The molecule has 134 valence electrons. The van der Waals surface area contributed by atoms with E-state index in [-0.39, 0.29) is 17.5 Å². The molecule has 0 saturated carbocycles. The largest absolute Gasteiger partial charge is 0.301 e. The quantitative estimate of drug-likeness (QED) is 0.544. The molecule has 0 unspecified atom stereocenters. The average molecular weight is 387 g/mol. The molecule has 2 aromatic carbocycles. The summed E-state index contributed by atoms with van der Waals surface area (Å²) >= 11 is 2.77. The van der Waals surface area contributed by atoms with E-state index in [1.54, 1.807) is 12.1 Å². The van der Waals surface area contributed by atoms with E-state index in [0.29, 0.717) is 11.0 Å². The van der Waals surface area contributed by atoms with Gasteiger partial charge in [0.15, 0.2) is 5.13 Å². The molecule has 1 amide bonds. The lowest BCUT2D eigenvalue weighted by Gasteiger charge is -2.05. The van der Waals surface area contributed by atoms with Crippen molar-refractivity contribution in [3.05, 3.63) is 65.3 Å². The molecule has 6 heteroatoms. The van der Waals surface area contributed by atoms with E-state index in [4.69, 9.17) is 0 Å². The lowest BCUT2D eigenvalue weighted by atomic mass is 10.0. The van der Waals surface area contributed by atoms with Crippen molar-refractivity contribution >= 4 is 34.1 Å². The molecule has 0 spiro atoms. The minimum Gasteiger partial charge on any atom is -0.301 e. The summed E-state index contributed by atoms with van der Waals surface area (Å²) in [5, 5.41) is 5.34. The van der Waals surface area contributed by atoms with Crippen molar-refractivity contribution in [2.45, 2.75) is 24.7 Å². The van der Waals surface area contributed by atoms with Crippen LogP contribution in [0.2, 0.25) is 0 Å². The van der Waals surface area contributed by atoms with Gasteiger partial charge in [0.25, 0.3) is 0 Å². The number of thioether (sulfide) groups is 1. The van der Waals surface area contributed by atoms with Crippen LogP contribution in [-0.4, -0.2) is 16.6 Å². The Hall–Kier alpha value is -2.18. The molecular weight excluding hydrogens is 367 g/mol. The fraction of sp³-hybridized carbons (Fsp3) is 0.200. The summed E-state index contributed by atoms with van der Waals surface area (Å²) in [5.41, 5.74) is 3.17. The van der Waals surface area contributed by atoms with E-state index in [0.717, 1.165) is 16.2 Å². The Morgan fingerprint density at radius 2 is 1.85 bits per heavy atom. The molecule has 3 aromatic rings. The second-order valence-electron chi connectivity index (χ2n) is 6.11. The second-order valence-corrected chi connectivity index (χ2v) is 8.01. The minimum atomic E-state index is -0.282. The number of hydrogen-bond donors (Lipinski definition) is 1. The summed E-state index contributed by atoms with van der Waals surface area (Å²) in [4.78, 5) is 17.4. The number of amides is 1. The molecule has 0 atom stereocenters. The number of halogens is 1. The Kier molecular flexibility index (Phi) is 6.06. The molecule has 0 saturated heterocycles. The number of aromatic nitrogens is 1. The zero-order valence-corrected chi connectivity index (χ0v) is 16.2. The molecule has 1 heterocycles. The van der Waals surface area contributed by atoms with Crippen LogP contribution in [0.1, 0.15) is 25.3 Å². The first-order chi connectivity index (χ1) is 12.5. The summed E-state index contributed by atoms with van der Waals surface area (Å²) in [6.07, 6.45) is 0. The smallest absolute Gasteiger partial charge is 0.236 e. The molecule has 26 heavy (non-hydrogen) atoms. The van der Waals surface area contributed by atoms with Crippen molar-refractivity contribution in [1.29, 1.82) is 0 Å². The Labute approximate surface area is 160 Å². The van der Waals surface area contributed by atoms with Gasteiger partial charge in [-0.3, -0.25) is 4.79 Å². The number of hydrogen-bond acceptors (Lipinski definition) is 4. The van der Waals surface area contributed by atoms with Gasteiger partial charge in [0.05, 0.1) is 11.4 Å². The molecular formula is C20H19FN2OS2. The van der Waals surface area contributed by atoms with E-state index in [9.17, 15) is 9.18 Å². The Bertz CT molecular complexity index is 874. The highest BCUT2D eigenvalue weighted by Gasteiger charge is 2.09. The fourth-order valence-electron chi connectivity index (χ4n) is 2.34. The van der Waals surface area contributed by atoms with Crippen molar-refractivity contribution in [3.8, 4) is 11.3 Å². The summed E-state index contributed by atoms with van der Waals surface area (Å²) in [6, 6.07) is 14.4. The van der Waals surface area contributed by atoms with Crippen molar-refractivity contribution in [2.24, 2.45) is 0 Å². The van der Waals surface area contributed by atoms with Crippen molar-refractivity contribution in [3.63, 3.8) is 0 Å². The third-order valence-corrected chi connectivity index (χ3v) is 5.58. The van der Waals surface area contributed by atoms with Gasteiger partial charge in [-0.25, -0.2) is 9.37 Å². The van der Waals surface area contributed by atoms with E-state index >= 15 is 0 Å². The predicted octanol–water partition coefficient (Wildman–Crippen LogP) is 5.80. The minimum absolute atomic E-state index is 0.129. The monoisotopic (exact) mass is 386 g/mol. The van der Waals surface area contributed by atoms with Crippen molar-refractivity contribution < 1.29 is 9.18 Å². The maximum Gasteiger partial charge on any atom is 0.236 e. The Morgan fingerprint density at radius 1 is 1.15 bits per heavy atom. The molecule has 0 radical (unpaired) electrons. The second kappa shape index (κ2) is 8.47. The number of rotatable bonds is 6. The molecule has 0 fully saturated rings. The third-order valence-electron chi connectivity index (χ3n) is 3.81. The van der Waals surface area contributed by atoms with Gasteiger partial charge < -0.3 is 5.32 Å². The van der Waals surface area contributed by atoms with Crippen LogP contribution in [0.15, 0.2) is 58.8 Å². The van der Waals surface area contributed by atoms with E-state index in [1.165, 1.54) is 40.8 Å². The van der Waals surface area contributed by atoms with Crippen LogP contribution in [0, 0.1) is 5.82 Å². The normalized spacial score (nSPS) is 10.9.